The molecule has 0 aliphatic carbocycles. The molecule has 2 aromatic heterocycles. The van der Waals surface area contributed by atoms with Crippen LogP contribution in [-0.2, 0) is 13.0 Å². The minimum atomic E-state index is 0.280. The van der Waals surface area contributed by atoms with Crippen LogP contribution in [-0.4, -0.2) is 20.4 Å². The van der Waals surface area contributed by atoms with E-state index in [4.69, 9.17) is 26.3 Å². The van der Waals surface area contributed by atoms with E-state index in [1.165, 1.54) is 0 Å². The largest absolute Gasteiger partial charge is 0.457 e. The third-order valence-electron chi connectivity index (χ3n) is 6.71. The SMILES string of the molecule is CCc1nc2c(C)cc(C)nc2n1Cc1ccc(-c2cc(Oc3ccccc3)cc(C)c2/C(N)=N/N)cc1. The summed E-state index contributed by atoms with van der Waals surface area (Å²) >= 11 is 0. The Morgan fingerprint density at radius 2 is 1.63 bits per heavy atom. The first-order chi connectivity index (χ1) is 18.4. The Balaban J connectivity index is 1.52. The highest BCUT2D eigenvalue weighted by molar-refractivity contribution is 6.05. The summed E-state index contributed by atoms with van der Waals surface area (Å²) in [6.45, 7) is 8.91. The fourth-order valence-electron chi connectivity index (χ4n) is 4.93. The molecule has 0 fully saturated rings. The van der Waals surface area contributed by atoms with Crippen LogP contribution < -0.4 is 16.3 Å². The second-order valence-electron chi connectivity index (χ2n) is 9.51. The van der Waals surface area contributed by atoms with Crippen molar-refractivity contribution >= 4 is 17.0 Å². The van der Waals surface area contributed by atoms with Crippen LogP contribution in [0, 0.1) is 20.8 Å². The van der Waals surface area contributed by atoms with Crippen LogP contribution in [0.2, 0.25) is 0 Å². The molecular weight excluding hydrogens is 472 g/mol. The zero-order valence-corrected chi connectivity index (χ0v) is 22.2. The number of nitrogens with zero attached hydrogens (tertiary/aromatic N) is 4. The first kappa shape index (κ1) is 25.0. The number of para-hydroxylation sites is 1. The molecule has 0 amide bonds. The van der Waals surface area contributed by atoms with Gasteiger partial charge in [-0.2, -0.15) is 5.10 Å². The van der Waals surface area contributed by atoms with Gasteiger partial charge in [0.15, 0.2) is 11.5 Å². The number of ether oxygens (including phenoxy) is 1. The molecule has 0 aliphatic heterocycles. The molecule has 7 nitrogen and oxygen atoms in total. The normalized spacial score (nSPS) is 11.7. The van der Waals surface area contributed by atoms with Crippen molar-refractivity contribution in [1.29, 1.82) is 0 Å². The number of pyridine rings is 1. The minimum absolute atomic E-state index is 0.280. The number of hydrogen-bond donors (Lipinski definition) is 2. The molecule has 0 bridgehead atoms. The fraction of sp³-hybridized carbons (Fsp3) is 0.194. The first-order valence-electron chi connectivity index (χ1n) is 12.7. The predicted molar refractivity (Wildman–Crippen MR) is 154 cm³/mol. The lowest BCUT2D eigenvalue weighted by atomic mass is 9.94. The van der Waals surface area contributed by atoms with Crippen LogP contribution in [0.1, 0.15) is 40.7 Å². The van der Waals surface area contributed by atoms with Gasteiger partial charge in [-0.3, -0.25) is 0 Å². The van der Waals surface area contributed by atoms with Crippen molar-refractivity contribution in [3.8, 4) is 22.6 Å². The zero-order chi connectivity index (χ0) is 26.8. The van der Waals surface area contributed by atoms with Crippen molar-refractivity contribution in [1.82, 2.24) is 14.5 Å². The Morgan fingerprint density at radius 1 is 0.895 bits per heavy atom. The second kappa shape index (κ2) is 10.4. The van der Waals surface area contributed by atoms with E-state index in [0.29, 0.717) is 6.54 Å². The Labute approximate surface area is 222 Å². The standard InChI is InChI=1S/C31H32N6O/c1-5-27-35-29-20(3)15-21(4)34-31(29)37(27)18-22-11-13-23(14-12-22)26-17-25(38-24-9-7-6-8-10-24)16-19(2)28(26)30(32)36-33/h6-17H,5,18,33H2,1-4H3,(H2,32,36). The Morgan fingerprint density at radius 3 is 2.32 bits per heavy atom. The average Bonchev–Trinajstić information content (AvgIpc) is 3.26. The molecule has 0 atom stereocenters. The third kappa shape index (κ3) is 4.83. The Hall–Kier alpha value is -4.65. The molecule has 7 heteroatoms. The molecule has 5 aromatic rings. The minimum Gasteiger partial charge on any atom is -0.457 e. The van der Waals surface area contributed by atoms with E-state index in [9.17, 15) is 0 Å². The van der Waals surface area contributed by atoms with Gasteiger partial charge in [0.25, 0.3) is 0 Å². The van der Waals surface area contributed by atoms with E-state index in [1.54, 1.807) is 0 Å². The van der Waals surface area contributed by atoms with Gasteiger partial charge < -0.3 is 20.9 Å². The Kier molecular flexibility index (Phi) is 6.83. The number of imidazole rings is 1. The van der Waals surface area contributed by atoms with Crippen LogP contribution >= 0.6 is 0 Å². The highest BCUT2D eigenvalue weighted by Gasteiger charge is 2.17. The topological polar surface area (TPSA) is 104 Å². The number of benzene rings is 3. The zero-order valence-electron chi connectivity index (χ0n) is 22.2. The second-order valence-corrected chi connectivity index (χ2v) is 9.51. The summed E-state index contributed by atoms with van der Waals surface area (Å²) in [5, 5.41) is 3.79. The lowest BCUT2D eigenvalue weighted by molar-refractivity contribution is 0.482. The van der Waals surface area contributed by atoms with Crippen LogP contribution in [0.4, 0.5) is 0 Å². The van der Waals surface area contributed by atoms with Gasteiger partial charge in [0, 0.05) is 17.7 Å². The lowest BCUT2D eigenvalue weighted by Crippen LogP contribution is -2.18. The molecule has 3 aromatic carbocycles. The smallest absolute Gasteiger partial charge is 0.160 e. The highest BCUT2D eigenvalue weighted by Crippen LogP contribution is 2.33. The van der Waals surface area contributed by atoms with Crippen molar-refractivity contribution in [3.05, 3.63) is 107 Å². The number of rotatable bonds is 7. The van der Waals surface area contributed by atoms with Crippen LogP contribution in [0.25, 0.3) is 22.3 Å². The van der Waals surface area contributed by atoms with E-state index in [2.05, 4.69) is 53.8 Å². The predicted octanol–water partition coefficient (Wildman–Crippen LogP) is 6.01. The molecular formula is C31H32N6O. The van der Waals surface area contributed by atoms with Crippen LogP contribution in [0.15, 0.2) is 77.9 Å². The molecule has 0 radical (unpaired) electrons. The molecule has 0 unspecified atom stereocenters. The molecule has 0 aliphatic rings. The lowest BCUT2D eigenvalue weighted by Gasteiger charge is -2.16. The molecule has 5 rings (SSSR count). The summed E-state index contributed by atoms with van der Waals surface area (Å²) in [6, 6.07) is 24.2. The van der Waals surface area contributed by atoms with E-state index >= 15 is 0 Å². The van der Waals surface area contributed by atoms with E-state index in [-0.39, 0.29) is 5.84 Å². The van der Waals surface area contributed by atoms with Gasteiger partial charge in [-0.1, -0.05) is 49.4 Å². The fourth-order valence-corrected chi connectivity index (χ4v) is 4.93. The number of hydrogen-bond acceptors (Lipinski definition) is 5. The number of amidine groups is 1. The molecule has 38 heavy (non-hydrogen) atoms. The molecule has 192 valence electrons. The number of aromatic nitrogens is 3. The average molecular weight is 505 g/mol. The summed E-state index contributed by atoms with van der Waals surface area (Å²) in [5.74, 6) is 8.38. The van der Waals surface area contributed by atoms with Gasteiger partial charge in [-0.25, -0.2) is 9.97 Å². The molecule has 0 saturated carbocycles. The maximum Gasteiger partial charge on any atom is 0.160 e. The van der Waals surface area contributed by atoms with Gasteiger partial charge >= 0.3 is 0 Å². The number of hydrazone groups is 1. The maximum atomic E-state index is 6.23. The van der Waals surface area contributed by atoms with E-state index < -0.39 is 0 Å². The summed E-state index contributed by atoms with van der Waals surface area (Å²) in [7, 11) is 0. The van der Waals surface area contributed by atoms with Gasteiger partial charge in [-0.15, -0.1) is 0 Å². The molecule has 0 saturated heterocycles. The van der Waals surface area contributed by atoms with E-state index in [1.807, 2.05) is 56.3 Å². The summed E-state index contributed by atoms with van der Waals surface area (Å²) < 4.78 is 8.36. The first-order valence-corrected chi connectivity index (χ1v) is 12.7. The van der Waals surface area contributed by atoms with E-state index in [0.717, 1.165) is 74.0 Å². The van der Waals surface area contributed by atoms with Crippen LogP contribution in [0.5, 0.6) is 11.5 Å². The Bertz CT molecular complexity index is 1640. The highest BCUT2D eigenvalue weighted by atomic mass is 16.5. The molecule has 0 spiro atoms. The monoisotopic (exact) mass is 504 g/mol. The summed E-state index contributed by atoms with van der Waals surface area (Å²) in [4.78, 5) is 9.68. The third-order valence-corrected chi connectivity index (χ3v) is 6.71. The quantitative estimate of drug-likeness (QED) is 0.122. The maximum absolute atomic E-state index is 6.23. The number of nitrogens with two attached hydrogens (primary N) is 2. The van der Waals surface area contributed by atoms with Crippen molar-refractivity contribution in [2.45, 2.75) is 40.7 Å². The van der Waals surface area contributed by atoms with Crippen molar-refractivity contribution < 1.29 is 4.74 Å². The molecule has 2 heterocycles. The van der Waals surface area contributed by atoms with Gasteiger partial charge in [0.1, 0.15) is 22.8 Å². The number of aryl methyl sites for hydroxylation is 4. The van der Waals surface area contributed by atoms with Crippen molar-refractivity contribution in [3.63, 3.8) is 0 Å². The summed E-state index contributed by atoms with van der Waals surface area (Å²) in [6.07, 6.45) is 0.835. The molecule has 4 N–H and O–H groups in total. The van der Waals surface area contributed by atoms with Crippen LogP contribution in [0.3, 0.4) is 0 Å². The van der Waals surface area contributed by atoms with Gasteiger partial charge in [-0.05, 0) is 78.9 Å². The van der Waals surface area contributed by atoms with Gasteiger partial charge in [0.05, 0.1) is 6.54 Å². The van der Waals surface area contributed by atoms with Crippen molar-refractivity contribution in [2.75, 3.05) is 0 Å². The van der Waals surface area contributed by atoms with Crippen molar-refractivity contribution in [2.24, 2.45) is 16.7 Å². The van der Waals surface area contributed by atoms with Gasteiger partial charge in [0.2, 0.25) is 0 Å². The number of fused-ring (bicyclic) bond motifs is 1. The summed E-state index contributed by atoms with van der Waals surface area (Å²) in [5.41, 5.74) is 15.1.